The number of aromatic nitrogens is 3. The summed E-state index contributed by atoms with van der Waals surface area (Å²) >= 11 is 1.71. The summed E-state index contributed by atoms with van der Waals surface area (Å²) in [4.78, 5) is 4.50. The second kappa shape index (κ2) is 6.25. The number of hydrogen-bond acceptors (Lipinski definition) is 5. The Kier molecular flexibility index (Phi) is 4.37. The van der Waals surface area contributed by atoms with Gasteiger partial charge in [0.05, 0.1) is 16.9 Å². The van der Waals surface area contributed by atoms with Gasteiger partial charge in [0.15, 0.2) is 0 Å². The summed E-state index contributed by atoms with van der Waals surface area (Å²) in [6.45, 7) is 5.90. The first-order chi connectivity index (χ1) is 10.1. The minimum atomic E-state index is 0.121. The Bertz CT molecular complexity index is 607. The van der Waals surface area contributed by atoms with E-state index in [1.165, 1.54) is 17.0 Å². The van der Waals surface area contributed by atoms with Gasteiger partial charge in [-0.05, 0) is 20.3 Å². The molecule has 2 atom stereocenters. The average molecular weight is 306 g/mol. The van der Waals surface area contributed by atoms with Gasteiger partial charge >= 0.3 is 0 Å². The summed E-state index contributed by atoms with van der Waals surface area (Å²) in [6.07, 6.45) is 4.08. The summed E-state index contributed by atoms with van der Waals surface area (Å²) in [7, 11) is 1.97. The number of aryl methyl sites for hydroxylation is 2. The van der Waals surface area contributed by atoms with Crippen molar-refractivity contribution in [2.24, 2.45) is 7.05 Å². The summed E-state index contributed by atoms with van der Waals surface area (Å²) in [5, 5.41) is 11.2. The normalized spacial score (nSPS) is 22.0. The molecule has 6 heteroatoms. The van der Waals surface area contributed by atoms with Crippen LogP contribution in [-0.2, 0) is 18.2 Å². The third-order valence-electron chi connectivity index (χ3n) is 4.13. The molecular formula is C15H22N4OS. The molecule has 0 bridgehead atoms. The highest BCUT2D eigenvalue weighted by Crippen LogP contribution is 2.30. The molecule has 0 aromatic carbocycles. The van der Waals surface area contributed by atoms with E-state index in [9.17, 15) is 0 Å². The predicted octanol–water partition coefficient (Wildman–Crippen LogP) is 2.16. The highest BCUT2D eigenvalue weighted by Gasteiger charge is 2.31. The molecular weight excluding hydrogens is 284 g/mol. The second-order valence-corrected chi connectivity index (χ2v) is 6.62. The maximum atomic E-state index is 5.92. The molecule has 1 aliphatic rings. The molecule has 3 rings (SSSR count). The molecule has 3 heterocycles. The van der Waals surface area contributed by atoms with Crippen LogP contribution in [0.4, 0.5) is 0 Å². The molecule has 1 N–H and O–H groups in total. The molecule has 0 saturated carbocycles. The van der Waals surface area contributed by atoms with Crippen LogP contribution >= 0.6 is 11.3 Å². The molecule has 0 spiro atoms. The van der Waals surface area contributed by atoms with Crippen LogP contribution in [0.25, 0.3) is 0 Å². The first-order valence-electron chi connectivity index (χ1n) is 7.39. The Morgan fingerprint density at radius 3 is 3.00 bits per heavy atom. The Hall–Kier alpha value is -1.24. The SMILES string of the molecule is Cc1nc(CCN[C@H]2CCO[C@@H]2c2cnn(C)c2C)cs1. The van der Waals surface area contributed by atoms with Crippen LogP contribution in [0, 0.1) is 13.8 Å². The third-order valence-corrected chi connectivity index (χ3v) is 4.95. The third kappa shape index (κ3) is 3.17. The van der Waals surface area contributed by atoms with Crippen molar-refractivity contribution in [3.8, 4) is 0 Å². The predicted molar refractivity (Wildman–Crippen MR) is 83.6 cm³/mol. The molecule has 21 heavy (non-hydrogen) atoms. The van der Waals surface area contributed by atoms with Crippen molar-refractivity contribution in [2.75, 3.05) is 13.2 Å². The van der Waals surface area contributed by atoms with E-state index in [4.69, 9.17) is 4.74 Å². The van der Waals surface area contributed by atoms with Crippen LogP contribution in [0.5, 0.6) is 0 Å². The Balaban J connectivity index is 1.58. The van der Waals surface area contributed by atoms with Crippen molar-refractivity contribution in [1.29, 1.82) is 0 Å². The Labute approximate surface area is 129 Å². The van der Waals surface area contributed by atoms with Gasteiger partial charge in [0.2, 0.25) is 0 Å². The van der Waals surface area contributed by atoms with Crippen molar-refractivity contribution in [3.63, 3.8) is 0 Å². The van der Waals surface area contributed by atoms with Crippen LogP contribution in [0.1, 0.15) is 34.5 Å². The van der Waals surface area contributed by atoms with E-state index in [1.807, 2.05) is 24.9 Å². The fourth-order valence-electron chi connectivity index (χ4n) is 2.81. The van der Waals surface area contributed by atoms with Gasteiger partial charge in [-0.1, -0.05) is 0 Å². The lowest BCUT2D eigenvalue weighted by Gasteiger charge is -2.19. The highest BCUT2D eigenvalue weighted by atomic mass is 32.1. The van der Waals surface area contributed by atoms with Crippen molar-refractivity contribution in [3.05, 3.63) is 33.5 Å². The van der Waals surface area contributed by atoms with E-state index in [2.05, 4.69) is 27.7 Å². The first-order valence-corrected chi connectivity index (χ1v) is 8.27. The molecule has 1 fully saturated rings. The lowest BCUT2D eigenvalue weighted by atomic mass is 10.0. The summed E-state index contributed by atoms with van der Waals surface area (Å²) in [5.41, 5.74) is 3.57. The molecule has 0 aliphatic carbocycles. The number of hydrogen-bond donors (Lipinski definition) is 1. The standard InChI is InChI=1S/C15H22N4OS/c1-10-13(8-17-19(10)3)15-14(5-7-20-15)16-6-4-12-9-21-11(2)18-12/h8-9,14-16H,4-7H2,1-3H3/t14-,15+/m0/s1. The van der Waals surface area contributed by atoms with E-state index in [0.717, 1.165) is 31.0 Å². The van der Waals surface area contributed by atoms with Crippen LogP contribution < -0.4 is 5.32 Å². The lowest BCUT2D eigenvalue weighted by molar-refractivity contribution is 0.0983. The molecule has 0 unspecified atom stereocenters. The number of nitrogens with one attached hydrogen (secondary N) is 1. The van der Waals surface area contributed by atoms with Gasteiger partial charge in [-0.15, -0.1) is 11.3 Å². The quantitative estimate of drug-likeness (QED) is 0.920. The minimum Gasteiger partial charge on any atom is -0.372 e. The molecule has 0 amide bonds. The van der Waals surface area contributed by atoms with E-state index in [1.54, 1.807) is 11.3 Å². The van der Waals surface area contributed by atoms with E-state index >= 15 is 0 Å². The number of nitrogens with zero attached hydrogens (tertiary/aromatic N) is 3. The smallest absolute Gasteiger partial charge is 0.101 e. The number of rotatable bonds is 5. The van der Waals surface area contributed by atoms with Gasteiger partial charge in [0, 0.05) is 49.3 Å². The summed E-state index contributed by atoms with van der Waals surface area (Å²) in [5.74, 6) is 0. The molecule has 2 aromatic rings. The minimum absolute atomic E-state index is 0.121. The van der Waals surface area contributed by atoms with Gasteiger partial charge in [-0.25, -0.2) is 4.98 Å². The molecule has 114 valence electrons. The molecule has 2 aromatic heterocycles. The van der Waals surface area contributed by atoms with Gasteiger partial charge in [-0.2, -0.15) is 5.10 Å². The van der Waals surface area contributed by atoms with Crippen molar-refractivity contribution < 1.29 is 4.74 Å². The maximum absolute atomic E-state index is 5.92. The van der Waals surface area contributed by atoms with Gasteiger partial charge in [0.1, 0.15) is 6.10 Å². The molecule has 5 nitrogen and oxygen atoms in total. The van der Waals surface area contributed by atoms with Crippen molar-refractivity contribution in [2.45, 2.75) is 38.8 Å². The van der Waals surface area contributed by atoms with Crippen molar-refractivity contribution in [1.82, 2.24) is 20.1 Å². The van der Waals surface area contributed by atoms with Crippen LogP contribution in [0.2, 0.25) is 0 Å². The Morgan fingerprint density at radius 2 is 2.33 bits per heavy atom. The summed E-state index contributed by atoms with van der Waals surface area (Å²) in [6, 6.07) is 0.368. The average Bonchev–Trinajstić information content (AvgIpc) is 3.15. The zero-order valence-corrected chi connectivity index (χ0v) is 13.6. The second-order valence-electron chi connectivity index (χ2n) is 5.56. The van der Waals surface area contributed by atoms with Gasteiger partial charge < -0.3 is 10.1 Å². The van der Waals surface area contributed by atoms with Gasteiger partial charge in [0.25, 0.3) is 0 Å². The largest absolute Gasteiger partial charge is 0.372 e. The molecule has 0 radical (unpaired) electrons. The molecule has 1 aliphatic heterocycles. The fourth-order valence-corrected chi connectivity index (χ4v) is 3.46. The number of ether oxygens (including phenoxy) is 1. The molecule has 1 saturated heterocycles. The number of thiazole rings is 1. The zero-order chi connectivity index (χ0) is 14.8. The fraction of sp³-hybridized carbons (Fsp3) is 0.600. The highest BCUT2D eigenvalue weighted by molar-refractivity contribution is 7.09. The lowest BCUT2D eigenvalue weighted by Crippen LogP contribution is -2.33. The van der Waals surface area contributed by atoms with E-state index < -0.39 is 0 Å². The van der Waals surface area contributed by atoms with Crippen LogP contribution in [0.15, 0.2) is 11.6 Å². The van der Waals surface area contributed by atoms with E-state index in [-0.39, 0.29) is 6.10 Å². The monoisotopic (exact) mass is 306 g/mol. The Morgan fingerprint density at radius 1 is 1.48 bits per heavy atom. The summed E-state index contributed by atoms with van der Waals surface area (Å²) < 4.78 is 7.83. The zero-order valence-electron chi connectivity index (χ0n) is 12.8. The van der Waals surface area contributed by atoms with E-state index in [0.29, 0.717) is 6.04 Å². The van der Waals surface area contributed by atoms with Gasteiger partial charge in [-0.3, -0.25) is 4.68 Å². The van der Waals surface area contributed by atoms with Crippen LogP contribution in [0.3, 0.4) is 0 Å². The maximum Gasteiger partial charge on any atom is 0.101 e. The van der Waals surface area contributed by atoms with Crippen LogP contribution in [-0.4, -0.2) is 34.0 Å². The van der Waals surface area contributed by atoms with Crippen molar-refractivity contribution >= 4 is 11.3 Å². The first kappa shape index (κ1) is 14.7. The topological polar surface area (TPSA) is 52.0 Å².